The van der Waals surface area contributed by atoms with Gasteiger partial charge in [-0.3, -0.25) is 4.79 Å². The Bertz CT molecular complexity index is 1700. The summed E-state index contributed by atoms with van der Waals surface area (Å²) < 4.78 is 1.96. The summed E-state index contributed by atoms with van der Waals surface area (Å²) in [5.41, 5.74) is 7.09. The van der Waals surface area contributed by atoms with Gasteiger partial charge in [0.25, 0.3) is 5.91 Å². The van der Waals surface area contributed by atoms with E-state index in [1.165, 1.54) is 11.3 Å². The molecule has 3 N–H and O–H groups in total. The van der Waals surface area contributed by atoms with E-state index in [-0.39, 0.29) is 11.3 Å². The van der Waals surface area contributed by atoms with Gasteiger partial charge in [-0.1, -0.05) is 45.0 Å². The Morgan fingerprint density at radius 2 is 1.79 bits per heavy atom. The Hall–Kier alpha value is -4.69. The topological polar surface area (TPSA) is 86.6 Å². The number of nitrogens with zero attached hydrogens (tertiary/aromatic N) is 4. The zero-order valence-corrected chi connectivity index (χ0v) is 24.6. The number of carbonyl (C=O) groups excluding carboxylic acids is 1. The molecule has 0 bridgehead atoms. The predicted molar refractivity (Wildman–Crippen MR) is 171 cm³/mol. The smallest absolute Gasteiger partial charge is 0.255 e. The van der Waals surface area contributed by atoms with Gasteiger partial charge in [-0.15, -0.1) is 0 Å². The molecule has 0 spiro atoms. The lowest BCUT2D eigenvalue weighted by atomic mass is 9.87. The lowest BCUT2D eigenvalue weighted by molar-refractivity contribution is 0.102. The van der Waals surface area contributed by atoms with Crippen LogP contribution in [0.2, 0.25) is 0 Å². The Morgan fingerprint density at radius 1 is 1.00 bits per heavy atom. The van der Waals surface area contributed by atoms with Gasteiger partial charge >= 0.3 is 0 Å². The molecule has 0 radical (unpaired) electrons. The van der Waals surface area contributed by atoms with Crippen LogP contribution in [0.25, 0.3) is 16.9 Å². The van der Waals surface area contributed by atoms with Gasteiger partial charge in [0.1, 0.15) is 0 Å². The summed E-state index contributed by atoms with van der Waals surface area (Å²) in [6, 6.07) is 24.5. The molecule has 1 unspecified atom stereocenters. The molecular formula is C34H37N7O. The molecule has 3 heterocycles. The van der Waals surface area contributed by atoms with Gasteiger partial charge in [0.15, 0.2) is 11.5 Å². The number of hydrogen-bond donors (Lipinski definition) is 3. The highest BCUT2D eigenvalue weighted by Gasteiger charge is 2.17. The fraction of sp³-hybridized carbons (Fsp3) is 0.265. The van der Waals surface area contributed by atoms with Crippen molar-refractivity contribution < 1.29 is 4.79 Å². The summed E-state index contributed by atoms with van der Waals surface area (Å²) >= 11 is 0. The number of anilines is 4. The largest absolute Gasteiger partial charge is 0.369 e. The summed E-state index contributed by atoms with van der Waals surface area (Å²) in [5, 5.41) is 10.0. The molecule has 2 aromatic heterocycles. The minimum absolute atomic E-state index is 0.0354. The number of hydrogen-bond acceptors (Lipinski definition) is 6. The lowest BCUT2D eigenvalue weighted by Crippen LogP contribution is -2.49. The average Bonchev–Trinajstić information content (AvgIpc) is 3.47. The molecule has 1 saturated heterocycles. The van der Waals surface area contributed by atoms with Crippen LogP contribution >= 0.6 is 0 Å². The number of amides is 1. The number of benzene rings is 3. The lowest BCUT2D eigenvalue weighted by Gasteiger charge is -2.33. The zero-order chi connectivity index (χ0) is 29.3. The van der Waals surface area contributed by atoms with Gasteiger partial charge in [-0.2, -0.15) is 0 Å². The van der Waals surface area contributed by atoms with E-state index < -0.39 is 0 Å². The molecule has 5 aromatic rings. The number of rotatable bonds is 6. The molecule has 6 rings (SSSR count). The summed E-state index contributed by atoms with van der Waals surface area (Å²) in [6.07, 6.45) is 5.63. The number of piperazine rings is 1. The second-order valence-electron chi connectivity index (χ2n) is 12.0. The van der Waals surface area contributed by atoms with Gasteiger partial charge in [0.05, 0.1) is 5.69 Å². The first-order chi connectivity index (χ1) is 20.2. The van der Waals surface area contributed by atoms with Crippen molar-refractivity contribution in [1.29, 1.82) is 0 Å². The molecule has 3 aromatic carbocycles. The van der Waals surface area contributed by atoms with Gasteiger partial charge in [-0.05, 0) is 66.4 Å². The van der Waals surface area contributed by atoms with Crippen molar-refractivity contribution in [2.75, 3.05) is 35.2 Å². The Morgan fingerprint density at radius 3 is 2.52 bits per heavy atom. The fourth-order valence-electron chi connectivity index (χ4n) is 5.29. The maximum absolute atomic E-state index is 13.0. The first-order valence-corrected chi connectivity index (χ1v) is 14.4. The molecule has 214 valence electrons. The van der Waals surface area contributed by atoms with Crippen LogP contribution in [0.4, 0.5) is 22.9 Å². The maximum atomic E-state index is 13.0. The SMILES string of the molecule is CC1CN(c2ccc(Nc3nc(-c4cccc(NC(=O)c5ccc(C(C)(C)C)cc5)c4)cn4ccnc34)cc2)CCN1. The van der Waals surface area contributed by atoms with Crippen LogP contribution in [0, 0.1) is 0 Å². The molecule has 1 fully saturated rings. The molecule has 1 atom stereocenters. The third-order valence-electron chi connectivity index (χ3n) is 7.67. The number of nitrogens with one attached hydrogen (secondary N) is 3. The van der Waals surface area contributed by atoms with Crippen LogP contribution in [-0.4, -0.2) is 46.0 Å². The first kappa shape index (κ1) is 27.5. The third-order valence-corrected chi connectivity index (χ3v) is 7.67. The van der Waals surface area contributed by atoms with Crippen LogP contribution in [0.3, 0.4) is 0 Å². The Balaban J connectivity index is 1.22. The van der Waals surface area contributed by atoms with Crippen molar-refractivity contribution in [1.82, 2.24) is 19.7 Å². The normalized spacial score (nSPS) is 15.5. The van der Waals surface area contributed by atoms with Crippen LogP contribution < -0.4 is 20.9 Å². The van der Waals surface area contributed by atoms with E-state index in [1.807, 2.05) is 65.3 Å². The van der Waals surface area contributed by atoms with Crippen molar-refractivity contribution in [2.45, 2.75) is 39.2 Å². The van der Waals surface area contributed by atoms with Crippen molar-refractivity contribution in [2.24, 2.45) is 0 Å². The third kappa shape index (κ3) is 5.99. The minimum atomic E-state index is -0.147. The molecule has 1 aliphatic heterocycles. The van der Waals surface area contributed by atoms with E-state index in [2.05, 4.69) is 77.8 Å². The van der Waals surface area contributed by atoms with Gasteiger partial charge in [-0.25, -0.2) is 9.97 Å². The van der Waals surface area contributed by atoms with Crippen molar-refractivity contribution >= 4 is 34.4 Å². The molecule has 8 heteroatoms. The highest BCUT2D eigenvalue weighted by atomic mass is 16.1. The van der Waals surface area contributed by atoms with Gasteiger partial charge < -0.3 is 25.3 Å². The van der Waals surface area contributed by atoms with Gasteiger partial charge in [0.2, 0.25) is 0 Å². The van der Waals surface area contributed by atoms with E-state index >= 15 is 0 Å². The second kappa shape index (κ2) is 11.3. The molecule has 8 nitrogen and oxygen atoms in total. The van der Waals surface area contributed by atoms with E-state index in [0.29, 0.717) is 23.1 Å². The number of fused-ring (bicyclic) bond motifs is 1. The fourth-order valence-corrected chi connectivity index (χ4v) is 5.29. The minimum Gasteiger partial charge on any atom is -0.369 e. The summed E-state index contributed by atoms with van der Waals surface area (Å²) in [6.45, 7) is 11.7. The summed E-state index contributed by atoms with van der Waals surface area (Å²) in [4.78, 5) is 24.9. The first-order valence-electron chi connectivity index (χ1n) is 14.4. The van der Waals surface area contributed by atoms with Crippen molar-refractivity contribution in [3.05, 3.63) is 103 Å². The van der Waals surface area contributed by atoms with E-state index in [0.717, 1.165) is 42.2 Å². The van der Waals surface area contributed by atoms with E-state index in [4.69, 9.17) is 4.98 Å². The highest BCUT2D eigenvalue weighted by molar-refractivity contribution is 6.04. The Labute approximate surface area is 246 Å². The van der Waals surface area contributed by atoms with E-state index in [9.17, 15) is 4.79 Å². The van der Waals surface area contributed by atoms with E-state index in [1.54, 1.807) is 6.20 Å². The number of aromatic nitrogens is 3. The molecule has 1 amide bonds. The summed E-state index contributed by atoms with van der Waals surface area (Å²) in [7, 11) is 0. The highest BCUT2D eigenvalue weighted by Crippen LogP contribution is 2.28. The second-order valence-corrected chi connectivity index (χ2v) is 12.0. The van der Waals surface area contributed by atoms with Crippen LogP contribution in [0.1, 0.15) is 43.6 Å². The quantitative estimate of drug-likeness (QED) is 0.221. The Kier molecular flexibility index (Phi) is 7.39. The standard InChI is InChI=1S/C34H37N7O/c1-23-21-40(18-16-35-23)29-14-12-27(13-15-29)37-31-32-36-17-19-41(32)22-30(39-31)25-6-5-7-28(20-25)38-33(42)24-8-10-26(11-9-24)34(2,3)4/h5-15,17,19-20,22-23,35H,16,18,21H2,1-4H3,(H,37,39)(H,38,42). The monoisotopic (exact) mass is 559 g/mol. The number of imidazole rings is 1. The van der Waals surface area contributed by atoms with Crippen molar-refractivity contribution in [3.8, 4) is 11.3 Å². The van der Waals surface area contributed by atoms with Crippen LogP contribution in [0.15, 0.2) is 91.4 Å². The predicted octanol–water partition coefficient (Wildman–Crippen LogP) is 6.49. The molecular weight excluding hydrogens is 522 g/mol. The average molecular weight is 560 g/mol. The van der Waals surface area contributed by atoms with Gasteiger partial charge in [0, 0.05) is 72.5 Å². The summed E-state index contributed by atoms with van der Waals surface area (Å²) in [5.74, 6) is 0.515. The maximum Gasteiger partial charge on any atom is 0.255 e. The van der Waals surface area contributed by atoms with Crippen LogP contribution in [-0.2, 0) is 5.41 Å². The molecule has 42 heavy (non-hydrogen) atoms. The van der Waals surface area contributed by atoms with Crippen molar-refractivity contribution in [3.63, 3.8) is 0 Å². The molecule has 0 saturated carbocycles. The number of carbonyl (C=O) groups is 1. The molecule has 1 aliphatic rings. The zero-order valence-electron chi connectivity index (χ0n) is 24.6. The molecule has 0 aliphatic carbocycles. The van der Waals surface area contributed by atoms with Crippen LogP contribution in [0.5, 0.6) is 0 Å².